The highest BCUT2D eigenvalue weighted by molar-refractivity contribution is 5.81. The first-order valence-electron chi connectivity index (χ1n) is 8.19. The van der Waals surface area contributed by atoms with E-state index in [1.807, 2.05) is 0 Å². The molecule has 1 aliphatic carbocycles. The van der Waals surface area contributed by atoms with Crippen LogP contribution in [-0.4, -0.2) is 54.3 Å². The SMILES string of the molecule is CCOC(=O)[C@@H]1C[C@H]2CC(CC(=O)O)CC[C@H]2CN1C(=O)OC. The summed E-state index contributed by atoms with van der Waals surface area (Å²) in [7, 11) is 1.31. The molecule has 0 aromatic heterocycles. The monoisotopic (exact) mass is 327 g/mol. The molecule has 7 heteroatoms. The van der Waals surface area contributed by atoms with E-state index < -0.39 is 24.1 Å². The van der Waals surface area contributed by atoms with Gasteiger partial charge in [0.15, 0.2) is 0 Å². The summed E-state index contributed by atoms with van der Waals surface area (Å²) < 4.78 is 9.90. The molecule has 1 unspecified atom stereocenters. The molecule has 1 saturated heterocycles. The number of carbonyl (C=O) groups excluding carboxylic acids is 2. The van der Waals surface area contributed by atoms with Crippen molar-refractivity contribution in [1.82, 2.24) is 4.90 Å². The van der Waals surface area contributed by atoms with Crippen LogP contribution in [0.1, 0.15) is 39.0 Å². The van der Waals surface area contributed by atoms with Gasteiger partial charge in [0.2, 0.25) is 0 Å². The molecule has 0 aromatic carbocycles. The lowest BCUT2D eigenvalue weighted by molar-refractivity contribution is -0.153. The molecule has 1 amide bonds. The number of carbonyl (C=O) groups is 3. The number of amides is 1. The number of hydrogen-bond acceptors (Lipinski definition) is 5. The summed E-state index contributed by atoms with van der Waals surface area (Å²) in [5.74, 6) is -0.478. The fraction of sp³-hybridized carbons (Fsp3) is 0.812. The van der Waals surface area contributed by atoms with Crippen molar-refractivity contribution in [2.24, 2.45) is 17.8 Å². The van der Waals surface area contributed by atoms with Crippen LogP contribution in [0, 0.1) is 17.8 Å². The molecule has 1 aliphatic heterocycles. The minimum atomic E-state index is -0.776. The van der Waals surface area contributed by atoms with Gasteiger partial charge in [-0.05, 0) is 50.4 Å². The zero-order chi connectivity index (χ0) is 17.0. The Labute approximate surface area is 135 Å². The molecule has 0 radical (unpaired) electrons. The summed E-state index contributed by atoms with van der Waals surface area (Å²) in [5, 5.41) is 8.98. The molecular formula is C16H25NO6. The molecule has 1 heterocycles. The Kier molecular flexibility index (Phi) is 5.85. The number of nitrogens with zero attached hydrogens (tertiary/aromatic N) is 1. The number of likely N-dealkylation sites (tertiary alicyclic amines) is 1. The molecule has 0 aromatic rings. The van der Waals surface area contributed by atoms with E-state index in [4.69, 9.17) is 14.6 Å². The number of piperidine rings is 1. The third kappa shape index (κ3) is 4.14. The Bertz CT molecular complexity index is 465. The van der Waals surface area contributed by atoms with Gasteiger partial charge in [0, 0.05) is 13.0 Å². The van der Waals surface area contributed by atoms with E-state index in [1.165, 1.54) is 12.0 Å². The highest BCUT2D eigenvalue weighted by Crippen LogP contribution is 2.42. The minimum Gasteiger partial charge on any atom is -0.481 e. The zero-order valence-electron chi connectivity index (χ0n) is 13.7. The van der Waals surface area contributed by atoms with Crippen LogP contribution in [0.5, 0.6) is 0 Å². The van der Waals surface area contributed by atoms with Crippen LogP contribution >= 0.6 is 0 Å². The topological polar surface area (TPSA) is 93.1 Å². The Morgan fingerprint density at radius 2 is 1.91 bits per heavy atom. The number of methoxy groups -OCH3 is 1. The lowest BCUT2D eigenvalue weighted by atomic mass is 9.68. The van der Waals surface area contributed by atoms with E-state index in [2.05, 4.69) is 0 Å². The second-order valence-electron chi connectivity index (χ2n) is 6.42. The number of carboxylic acid groups (broad SMARTS) is 1. The van der Waals surface area contributed by atoms with Gasteiger partial charge in [-0.1, -0.05) is 0 Å². The first kappa shape index (κ1) is 17.6. The molecule has 23 heavy (non-hydrogen) atoms. The van der Waals surface area contributed by atoms with Gasteiger partial charge < -0.3 is 14.6 Å². The van der Waals surface area contributed by atoms with Gasteiger partial charge in [0.1, 0.15) is 6.04 Å². The first-order chi connectivity index (χ1) is 11.0. The maximum atomic E-state index is 12.2. The van der Waals surface area contributed by atoms with Crippen LogP contribution in [0.2, 0.25) is 0 Å². The number of ether oxygens (including phenoxy) is 2. The summed E-state index contributed by atoms with van der Waals surface area (Å²) in [4.78, 5) is 36.6. The van der Waals surface area contributed by atoms with Gasteiger partial charge in [0.05, 0.1) is 13.7 Å². The van der Waals surface area contributed by atoms with E-state index in [1.54, 1.807) is 6.92 Å². The van der Waals surface area contributed by atoms with Crippen LogP contribution in [-0.2, 0) is 19.1 Å². The standard InChI is InChI=1S/C16H25NO6/c1-3-23-15(20)13-8-12-6-10(7-14(18)19)4-5-11(12)9-17(13)16(21)22-2/h10-13H,3-9H2,1-2H3,(H,18,19)/t10?,11-,12+,13-/m0/s1. The predicted molar refractivity (Wildman–Crippen MR) is 80.7 cm³/mol. The third-order valence-electron chi connectivity index (χ3n) is 5.01. The number of carboxylic acids is 1. The lowest BCUT2D eigenvalue weighted by Crippen LogP contribution is -2.55. The summed E-state index contributed by atoms with van der Waals surface area (Å²) in [6.45, 7) is 2.47. The Morgan fingerprint density at radius 3 is 2.52 bits per heavy atom. The number of hydrogen-bond donors (Lipinski definition) is 1. The molecule has 1 N–H and O–H groups in total. The molecule has 130 valence electrons. The van der Waals surface area contributed by atoms with Crippen molar-refractivity contribution in [3.05, 3.63) is 0 Å². The minimum absolute atomic E-state index is 0.154. The second kappa shape index (κ2) is 7.66. The first-order valence-corrected chi connectivity index (χ1v) is 8.19. The summed E-state index contributed by atoms with van der Waals surface area (Å²) in [6, 6.07) is -0.632. The third-order valence-corrected chi connectivity index (χ3v) is 5.01. The van der Waals surface area contributed by atoms with Crippen LogP contribution in [0.15, 0.2) is 0 Å². The number of esters is 1. The molecule has 7 nitrogen and oxygen atoms in total. The van der Waals surface area contributed by atoms with E-state index >= 15 is 0 Å². The van der Waals surface area contributed by atoms with Gasteiger partial charge in [-0.25, -0.2) is 9.59 Å². The zero-order valence-corrected chi connectivity index (χ0v) is 13.7. The molecule has 0 spiro atoms. The van der Waals surface area contributed by atoms with Gasteiger partial charge in [0.25, 0.3) is 0 Å². The fourth-order valence-electron chi connectivity index (χ4n) is 3.96. The number of aliphatic carboxylic acids is 1. The molecular weight excluding hydrogens is 302 g/mol. The van der Waals surface area contributed by atoms with Crippen molar-refractivity contribution >= 4 is 18.0 Å². The largest absolute Gasteiger partial charge is 0.481 e. The Balaban J connectivity index is 2.09. The van der Waals surface area contributed by atoms with Crippen LogP contribution in [0.25, 0.3) is 0 Å². The van der Waals surface area contributed by atoms with Crippen molar-refractivity contribution in [2.75, 3.05) is 20.3 Å². The molecule has 0 bridgehead atoms. The maximum Gasteiger partial charge on any atom is 0.410 e. The van der Waals surface area contributed by atoms with Gasteiger partial charge >= 0.3 is 18.0 Å². The number of fused-ring (bicyclic) bond motifs is 1. The average Bonchev–Trinajstić information content (AvgIpc) is 2.52. The fourth-order valence-corrected chi connectivity index (χ4v) is 3.96. The summed E-state index contributed by atoms with van der Waals surface area (Å²) in [6.07, 6.45) is 2.72. The quantitative estimate of drug-likeness (QED) is 0.793. The van der Waals surface area contributed by atoms with Crippen LogP contribution < -0.4 is 0 Å². The smallest absolute Gasteiger partial charge is 0.410 e. The van der Waals surface area contributed by atoms with E-state index in [9.17, 15) is 14.4 Å². The van der Waals surface area contributed by atoms with Crippen LogP contribution in [0.4, 0.5) is 4.79 Å². The van der Waals surface area contributed by atoms with Crippen molar-refractivity contribution in [2.45, 2.75) is 45.1 Å². The van der Waals surface area contributed by atoms with Gasteiger partial charge in [-0.2, -0.15) is 0 Å². The van der Waals surface area contributed by atoms with Crippen molar-refractivity contribution in [3.8, 4) is 0 Å². The normalized spacial score (nSPS) is 30.3. The average molecular weight is 327 g/mol. The highest BCUT2D eigenvalue weighted by atomic mass is 16.6. The van der Waals surface area contributed by atoms with Crippen molar-refractivity contribution in [1.29, 1.82) is 0 Å². The second-order valence-corrected chi connectivity index (χ2v) is 6.42. The van der Waals surface area contributed by atoms with E-state index in [0.717, 1.165) is 19.3 Å². The number of rotatable bonds is 4. The summed E-state index contributed by atoms with van der Waals surface area (Å²) in [5.41, 5.74) is 0. The molecule has 4 atom stereocenters. The molecule has 2 rings (SSSR count). The highest BCUT2D eigenvalue weighted by Gasteiger charge is 2.44. The van der Waals surface area contributed by atoms with Crippen molar-refractivity contribution in [3.63, 3.8) is 0 Å². The van der Waals surface area contributed by atoms with E-state index in [0.29, 0.717) is 18.9 Å². The molecule has 2 aliphatic rings. The predicted octanol–water partition coefficient (Wildman–Crippen LogP) is 1.90. The van der Waals surface area contributed by atoms with E-state index in [-0.39, 0.29) is 24.9 Å². The Morgan fingerprint density at radius 1 is 1.17 bits per heavy atom. The van der Waals surface area contributed by atoms with Crippen LogP contribution in [0.3, 0.4) is 0 Å². The van der Waals surface area contributed by atoms with Gasteiger partial charge in [-0.3, -0.25) is 9.69 Å². The summed E-state index contributed by atoms with van der Waals surface area (Å²) >= 11 is 0. The lowest BCUT2D eigenvalue weighted by Gasteiger charge is -2.45. The Hall–Kier alpha value is -1.79. The molecule has 2 fully saturated rings. The van der Waals surface area contributed by atoms with Gasteiger partial charge in [-0.15, -0.1) is 0 Å². The van der Waals surface area contributed by atoms with Crippen molar-refractivity contribution < 1.29 is 29.0 Å². The molecule has 1 saturated carbocycles. The maximum absolute atomic E-state index is 12.2.